The standard InChI is InChI=1S/C24H26N6O3S/c1-2-34(31,32)30-14-6-7-18(15-30)29-24-21(23(26)27-16-28-24)22(25)17-10-12-20(13-11-17)33-19-8-4-3-5-9-19/h2-5,8-13,16,18,25H,1,6-7,14-15H2,(H3,26,27,28,29). The average molecular weight is 479 g/mol. The van der Waals surface area contributed by atoms with E-state index < -0.39 is 10.0 Å². The lowest BCUT2D eigenvalue weighted by Crippen LogP contribution is -2.44. The molecule has 2 heterocycles. The molecule has 1 aliphatic heterocycles. The summed E-state index contributed by atoms with van der Waals surface area (Å²) in [5.41, 5.74) is 7.27. The Kier molecular flexibility index (Phi) is 6.90. The maximum absolute atomic E-state index is 12.2. The van der Waals surface area contributed by atoms with E-state index >= 15 is 0 Å². The number of ether oxygens (including phenoxy) is 1. The van der Waals surface area contributed by atoms with Crippen LogP contribution in [0, 0.1) is 5.41 Å². The Morgan fingerprint density at radius 3 is 2.56 bits per heavy atom. The second-order valence-electron chi connectivity index (χ2n) is 7.85. The monoisotopic (exact) mass is 478 g/mol. The van der Waals surface area contributed by atoms with Crippen molar-refractivity contribution in [3.05, 3.63) is 84.0 Å². The number of para-hydroxylation sites is 1. The lowest BCUT2D eigenvalue weighted by atomic mass is 10.0. The van der Waals surface area contributed by atoms with Crippen LogP contribution in [-0.4, -0.2) is 47.5 Å². The van der Waals surface area contributed by atoms with E-state index in [2.05, 4.69) is 21.9 Å². The van der Waals surface area contributed by atoms with Crippen LogP contribution in [-0.2, 0) is 10.0 Å². The fourth-order valence-corrected chi connectivity index (χ4v) is 4.79. The number of aromatic nitrogens is 2. The third kappa shape index (κ3) is 5.24. The Bertz CT molecular complexity index is 1280. The Labute approximate surface area is 198 Å². The predicted molar refractivity (Wildman–Crippen MR) is 133 cm³/mol. The Morgan fingerprint density at radius 2 is 1.85 bits per heavy atom. The summed E-state index contributed by atoms with van der Waals surface area (Å²) in [4.78, 5) is 8.37. The van der Waals surface area contributed by atoms with Gasteiger partial charge in [0.2, 0.25) is 10.0 Å². The topological polar surface area (TPSA) is 134 Å². The van der Waals surface area contributed by atoms with Gasteiger partial charge in [-0.15, -0.1) is 0 Å². The highest BCUT2D eigenvalue weighted by Crippen LogP contribution is 2.27. The van der Waals surface area contributed by atoms with Crippen molar-refractivity contribution >= 4 is 27.4 Å². The van der Waals surface area contributed by atoms with Crippen molar-refractivity contribution in [2.75, 3.05) is 24.1 Å². The van der Waals surface area contributed by atoms with Crippen LogP contribution in [0.3, 0.4) is 0 Å². The van der Waals surface area contributed by atoms with Gasteiger partial charge in [0, 0.05) is 30.1 Å². The number of nitrogen functional groups attached to an aromatic ring is 1. The van der Waals surface area contributed by atoms with Gasteiger partial charge in [-0.05, 0) is 49.2 Å². The van der Waals surface area contributed by atoms with Crippen molar-refractivity contribution in [3.63, 3.8) is 0 Å². The average Bonchev–Trinajstić information content (AvgIpc) is 2.85. The van der Waals surface area contributed by atoms with Crippen LogP contribution < -0.4 is 15.8 Å². The van der Waals surface area contributed by atoms with E-state index in [9.17, 15) is 8.42 Å². The predicted octanol–water partition coefficient (Wildman–Crippen LogP) is 3.62. The molecule has 1 fully saturated rings. The van der Waals surface area contributed by atoms with Crippen LogP contribution in [0.4, 0.5) is 11.6 Å². The molecule has 0 saturated carbocycles. The van der Waals surface area contributed by atoms with Crippen molar-refractivity contribution in [1.29, 1.82) is 5.41 Å². The molecule has 1 aromatic heterocycles. The van der Waals surface area contributed by atoms with Gasteiger partial charge in [0.15, 0.2) is 0 Å². The minimum atomic E-state index is -3.51. The Balaban J connectivity index is 1.53. The lowest BCUT2D eigenvalue weighted by Gasteiger charge is -2.32. The minimum absolute atomic E-state index is 0.151. The molecule has 0 spiro atoms. The molecule has 34 heavy (non-hydrogen) atoms. The molecule has 0 bridgehead atoms. The van der Waals surface area contributed by atoms with Gasteiger partial charge in [-0.2, -0.15) is 4.31 Å². The van der Waals surface area contributed by atoms with E-state index in [0.717, 1.165) is 17.6 Å². The largest absolute Gasteiger partial charge is 0.457 e. The van der Waals surface area contributed by atoms with Crippen LogP contribution in [0.2, 0.25) is 0 Å². The van der Waals surface area contributed by atoms with E-state index in [0.29, 0.717) is 35.7 Å². The minimum Gasteiger partial charge on any atom is -0.457 e. The number of nitrogens with one attached hydrogen (secondary N) is 2. The molecular weight excluding hydrogens is 452 g/mol. The van der Waals surface area contributed by atoms with E-state index in [-0.39, 0.29) is 24.1 Å². The first-order valence-corrected chi connectivity index (χ1v) is 12.3. The SMILES string of the molecule is C=CS(=O)(=O)N1CCCC(Nc2ncnc(N)c2C(=N)c2ccc(Oc3ccccc3)cc2)C1. The summed E-state index contributed by atoms with van der Waals surface area (Å²) in [6.07, 6.45) is 2.78. The van der Waals surface area contributed by atoms with Gasteiger partial charge >= 0.3 is 0 Å². The first kappa shape index (κ1) is 23.4. The van der Waals surface area contributed by atoms with Crippen molar-refractivity contribution in [3.8, 4) is 11.5 Å². The van der Waals surface area contributed by atoms with Crippen LogP contribution >= 0.6 is 0 Å². The van der Waals surface area contributed by atoms with Gasteiger partial charge in [-0.3, -0.25) is 5.41 Å². The van der Waals surface area contributed by atoms with Gasteiger partial charge in [0.1, 0.15) is 29.5 Å². The second kappa shape index (κ2) is 10.0. The zero-order valence-electron chi connectivity index (χ0n) is 18.5. The Morgan fingerprint density at radius 1 is 1.15 bits per heavy atom. The highest BCUT2D eigenvalue weighted by Gasteiger charge is 2.28. The zero-order valence-corrected chi connectivity index (χ0v) is 19.3. The molecule has 176 valence electrons. The summed E-state index contributed by atoms with van der Waals surface area (Å²) in [6.45, 7) is 4.12. The molecule has 1 saturated heterocycles. The highest BCUT2D eigenvalue weighted by molar-refractivity contribution is 7.92. The molecule has 0 amide bonds. The number of rotatable bonds is 8. The third-order valence-electron chi connectivity index (χ3n) is 5.54. The molecule has 4 N–H and O–H groups in total. The van der Waals surface area contributed by atoms with Gasteiger partial charge in [-0.1, -0.05) is 24.8 Å². The number of piperidine rings is 1. The quantitative estimate of drug-likeness (QED) is 0.421. The number of nitrogens with zero attached hydrogens (tertiary/aromatic N) is 3. The summed E-state index contributed by atoms with van der Waals surface area (Å²) < 4.78 is 31.6. The summed E-state index contributed by atoms with van der Waals surface area (Å²) in [6, 6.07) is 16.3. The van der Waals surface area contributed by atoms with E-state index in [1.54, 1.807) is 24.3 Å². The molecule has 3 aromatic rings. The van der Waals surface area contributed by atoms with E-state index in [4.69, 9.17) is 15.9 Å². The zero-order chi connectivity index (χ0) is 24.1. The molecule has 1 aliphatic rings. The first-order valence-electron chi connectivity index (χ1n) is 10.8. The summed E-state index contributed by atoms with van der Waals surface area (Å²) in [7, 11) is -3.51. The fraction of sp³-hybridized carbons (Fsp3) is 0.208. The number of hydrogen-bond acceptors (Lipinski definition) is 8. The van der Waals surface area contributed by atoms with Crippen molar-refractivity contribution < 1.29 is 13.2 Å². The molecule has 10 heteroatoms. The van der Waals surface area contributed by atoms with Gasteiger partial charge in [-0.25, -0.2) is 18.4 Å². The number of hydrogen-bond donors (Lipinski definition) is 3. The molecule has 2 aromatic carbocycles. The maximum Gasteiger partial charge on any atom is 0.235 e. The Hall–Kier alpha value is -3.76. The number of sulfonamides is 1. The summed E-state index contributed by atoms with van der Waals surface area (Å²) in [5.74, 6) is 1.92. The maximum atomic E-state index is 12.2. The van der Waals surface area contributed by atoms with Crippen LogP contribution in [0.5, 0.6) is 11.5 Å². The smallest absolute Gasteiger partial charge is 0.235 e. The molecule has 0 aliphatic carbocycles. The molecule has 0 radical (unpaired) electrons. The highest BCUT2D eigenvalue weighted by atomic mass is 32.2. The normalized spacial score (nSPS) is 16.5. The van der Waals surface area contributed by atoms with Gasteiger partial charge in [0.05, 0.1) is 11.3 Å². The molecule has 4 rings (SSSR count). The lowest BCUT2D eigenvalue weighted by molar-refractivity contribution is 0.330. The number of benzene rings is 2. The number of nitrogens with two attached hydrogens (primary N) is 1. The summed E-state index contributed by atoms with van der Waals surface area (Å²) in [5, 5.41) is 13.0. The molecule has 9 nitrogen and oxygen atoms in total. The second-order valence-corrected chi connectivity index (χ2v) is 9.73. The van der Waals surface area contributed by atoms with Crippen LogP contribution in [0.15, 0.2) is 72.9 Å². The molecule has 1 atom stereocenters. The molecular formula is C24H26N6O3S. The molecule has 1 unspecified atom stereocenters. The van der Waals surface area contributed by atoms with Gasteiger partial charge < -0.3 is 15.8 Å². The van der Waals surface area contributed by atoms with Gasteiger partial charge in [0.25, 0.3) is 0 Å². The first-order chi connectivity index (χ1) is 16.4. The third-order valence-corrected chi connectivity index (χ3v) is 7.02. The van der Waals surface area contributed by atoms with Crippen molar-refractivity contribution in [2.45, 2.75) is 18.9 Å². The van der Waals surface area contributed by atoms with Crippen LogP contribution in [0.25, 0.3) is 0 Å². The van der Waals surface area contributed by atoms with Crippen LogP contribution in [0.1, 0.15) is 24.0 Å². The van der Waals surface area contributed by atoms with Crippen molar-refractivity contribution in [1.82, 2.24) is 14.3 Å². The summed E-state index contributed by atoms with van der Waals surface area (Å²) >= 11 is 0. The van der Waals surface area contributed by atoms with Crippen molar-refractivity contribution in [2.24, 2.45) is 0 Å². The van der Waals surface area contributed by atoms with E-state index in [1.807, 2.05) is 30.3 Å². The van der Waals surface area contributed by atoms with E-state index in [1.165, 1.54) is 10.6 Å². The fourth-order valence-electron chi connectivity index (χ4n) is 3.80. The number of anilines is 2.